The molecule has 0 heterocycles. The molecule has 0 aromatic heterocycles. The molecule has 0 spiro atoms. The smallest absolute Gasteiger partial charge is 0.344 e. The Kier molecular flexibility index (Phi) is 8.61. The molecule has 0 atom stereocenters. The van der Waals surface area contributed by atoms with Gasteiger partial charge in [0.1, 0.15) is 5.75 Å². The van der Waals surface area contributed by atoms with Crippen LogP contribution in [0.1, 0.15) is 40.9 Å². The van der Waals surface area contributed by atoms with E-state index >= 15 is 0 Å². The molecular weight excluding hydrogens is 396 g/mol. The molecule has 0 saturated carbocycles. The van der Waals surface area contributed by atoms with Gasteiger partial charge in [-0.2, -0.15) is 0 Å². The number of amides is 2. The highest BCUT2D eigenvalue weighted by Gasteiger charge is 2.14. The van der Waals surface area contributed by atoms with E-state index in [9.17, 15) is 14.4 Å². The molecule has 0 bridgehead atoms. The van der Waals surface area contributed by atoms with Crippen molar-refractivity contribution in [3.05, 3.63) is 58.7 Å². The van der Waals surface area contributed by atoms with E-state index in [1.807, 2.05) is 46.8 Å². The first-order valence-corrected chi connectivity index (χ1v) is 10.3. The van der Waals surface area contributed by atoms with Crippen LogP contribution in [0.2, 0.25) is 0 Å². The molecule has 0 radical (unpaired) electrons. The van der Waals surface area contributed by atoms with E-state index < -0.39 is 18.5 Å². The molecule has 2 rings (SSSR count). The summed E-state index contributed by atoms with van der Waals surface area (Å²) in [6, 6.07) is 10.6. The maximum atomic E-state index is 12.4. The Hall–Kier alpha value is -3.35. The van der Waals surface area contributed by atoms with Crippen molar-refractivity contribution in [2.24, 2.45) is 0 Å². The van der Waals surface area contributed by atoms with Crippen LogP contribution in [0.4, 0.5) is 5.69 Å². The zero-order valence-corrected chi connectivity index (χ0v) is 18.8. The average molecular weight is 427 g/mol. The van der Waals surface area contributed by atoms with Gasteiger partial charge in [-0.25, -0.2) is 4.79 Å². The standard InChI is InChI=1S/C24H30N2O5/c1-6-26(7-2)24(29)19-9-8-10-20(13-19)25-21(27)14-30-22(28)15-31-23-17(4)11-16(3)12-18(23)5/h8-13H,6-7,14-15H2,1-5H3,(H,25,27). The zero-order chi connectivity index (χ0) is 23.0. The van der Waals surface area contributed by atoms with Crippen LogP contribution in [0.5, 0.6) is 5.75 Å². The zero-order valence-electron chi connectivity index (χ0n) is 18.8. The van der Waals surface area contributed by atoms with Crippen LogP contribution in [-0.4, -0.2) is 49.0 Å². The van der Waals surface area contributed by atoms with Crippen molar-refractivity contribution in [2.45, 2.75) is 34.6 Å². The van der Waals surface area contributed by atoms with Crippen molar-refractivity contribution in [1.82, 2.24) is 4.90 Å². The maximum absolute atomic E-state index is 12.4. The fourth-order valence-corrected chi connectivity index (χ4v) is 3.33. The molecule has 1 N–H and O–H groups in total. The number of nitrogens with zero attached hydrogens (tertiary/aromatic N) is 1. The van der Waals surface area contributed by atoms with Gasteiger partial charge in [-0.3, -0.25) is 9.59 Å². The van der Waals surface area contributed by atoms with E-state index in [1.54, 1.807) is 29.2 Å². The summed E-state index contributed by atoms with van der Waals surface area (Å²) >= 11 is 0. The lowest BCUT2D eigenvalue weighted by molar-refractivity contribution is -0.149. The van der Waals surface area contributed by atoms with Gasteiger partial charge in [0.25, 0.3) is 11.8 Å². The van der Waals surface area contributed by atoms with Gasteiger partial charge in [-0.1, -0.05) is 23.8 Å². The third kappa shape index (κ3) is 6.84. The molecule has 166 valence electrons. The van der Waals surface area contributed by atoms with Gasteiger partial charge >= 0.3 is 5.97 Å². The van der Waals surface area contributed by atoms with Crippen LogP contribution in [0.25, 0.3) is 0 Å². The van der Waals surface area contributed by atoms with Crippen LogP contribution in [0.15, 0.2) is 36.4 Å². The SMILES string of the molecule is CCN(CC)C(=O)c1cccc(NC(=O)COC(=O)COc2c(C)cc(C)cc2C)c1. The molecule has 2 aromatic rings. The summed E-state index contributed by atoms with van der Waals surface area (Å²) in [7, 11) is 0. The monoisotopic (exact) mass is 426 g/mol. The Morgan fingerprint density at radius 2 is 1.58 bits per heavy atom. The van der Waals surface area contributed by atoms with Crippen LogP contribution >= 0.6 is 0 Å². The fourth-order valence-electron chi connectivity index (χ4n) is 3.33. The molecule has 0 saturated heterocycles. The predicted molar refractivity (Wildman–Crippen MR) is 119 cm³/mol. The molecule has 0 unspecified atom stereocenters. The Morgan fingerprint density at radius 1 is 0.935 bits per heavy atom. The molecule has 31 heavy (non-hydrogen) atoms. The van der Waals surface area contributed by atoms with Crippen molar-refractivity contribution in [3.8, 4) is 5.75 Å². The number of benzene rings is 2. The number of aryl methyl sites for hydroxylation is 3. The van der Waals surface area contributed by atoms with Gasteiger partial charge in [0.2, 0.25) is 0 Å². The van der Waals surface area contributed by atoms with Crippen molar-refractivity contribution in [3.63, 3.8) is 0 Å². The molecule has 0 aliphatic heterocycles. The predicted octanol–water partition coefficient (Wildman–Crippen LogP) is 3.65. The number of anilines is 1. The number of carbonyl (C=O) groups excluding carboxylic acids is 3. The molecule has 0 fully saturated rings. The first-order valence-electron chi connectivity index (χ1n) is 10.3. The van der Waals surface area contributed by atoms with Crippen molar-refractivity contribution in [2.75, 3.05) is 31.6 Å². The summed E-state index contributed by atoms with van der Waals surface area (Å²) in [5.41, 5.74) is 3.92. The molecule has 0 aliphatic carbocycles. The number of rotatable bonds is 9. The molecule has 0 aliphatic rings. The first kappa shape index (κ1) is 23.9. The fraction of sp³-hybridized carbons (Fsp3) is 0.375. The van der Waals surface area contributed by atoms with E-state index in [0.717, 1.165) is 16.7 Å². The van der Waals surface area contributed by atoms with Gasteiger partial charge < -0.3 is 19.7 Å². The summed E-state index contributed by atoms with van der Waals surface area (Å²) in [4.78, 5) is 38.2. The number of ether oxygens (including phenoxy) is 2. The van der Waals surface area contributed by atoms with Gasteiger partial charge in [0.15, 0.2) is 13.2 Å². The number of nitrogens with one attached hydrogen (secondary N) is 1. The van der Waals surface area contributed by atoms with Gasteiger partial charge in [-0.05, 0) is 63.9 Å². The third-order valence-corrected chi connectivity index (χ3v) is 4.75. The molecule has 7 nitrogen and oxygen atoms in total. The molecule has 2 amide bonds. The van der Waals surface area contributed by atoms with Gasteiger partial charge in [-0.15, -0.1) is 0 Å². The maximum Gasteiger partial charge on any atom is 0.344 e. The summed E-state index contributed by atoms with van der Waals surface area (Å²) in [6.45, 7) is 10.1. The largest absolute Gasteiger partial charge is 0.481 e. The van der Waals surface area contributed by atoms with Crippen LogP contribution < -0.4 is 10.1 Å². The second kappa shape index (κ2) is 11.2. The topological polar surface area (TPSA) is 84.9 Å². The quantitative estimate of drug-likeness (QED) is 0.619. The van der Waals surface area contributed by atoms with E-state index in [2.05, 4.69) is 5.32 Å². The Bertz CT molecular complexity index is 928. The van der Waals surface area contributed by atoms with Crippen LogP contribution in [0, 0.1) is 20.8 Å². The summed E-state index contributed by atoms with van der Waals surface area (Å²) in [5, 5.41) is 2.64. The van der Waals surface area contributed by atoms with E-state index in [0.29, 0.717) is 30.1 Å². The van der Waals surface area contributed by atoms with E-state index in [1.165, 1.54) is 0 Å². The second-order valence-electron chi connectivity index (χ2n) is 7.28. The molecular formula is C24H30N2O5. The van der Waals surface area contributed by atoms with Crippen molar-refractivity contribution < 1.29 is 23.9 Å². The third-order valence-electron chi connectivity index (χ3n) is 4.75. The normalized spacial score (nSPS) is 10.4. The van der Waals surface area contributed by atoms with Crippen LogP contribution in [-0.2, 0) is 14.3 Å². The minimum absolute atomic E-state index is 0.105. The van der Waals surface area contributed by atoms with E-state index in [-0.39, 0.29) is 12.5 Å². The lowest BCUT2D eigenvalue weighted by Crippen LogP contribution is -2.30. The van der Waals surface area contributed by atoms with Crippen LogP contribution in [0.3, 0.4) is 0 Å². The van der Waals surface area contributed by atoms with Gasteiger partial charge in [0.05, 0.1) is 0 Å². The molecule has 2 aromatic carbocycles. The Morgan fingerprint density at radius 3 is 2.19 bits per heavy atom. The minimum Gasteiger partial charge on any atom is -0.481 e. The Labute approximate surface area is 183 Å². The number of hydrogen-bond acceptors (Lipinski definition) is 5. The lowest BCUT2D eigenvalue weighted by Gasteiger charge is -2.19. The number of esters is 1. The molecule has 7 heteroatoms. The summed E-state index contributed by atoms with van der Waals surface area (Å²) < 4.78 is 10.6. The van der Waals surface area contributed by atoms with Crippen molar-refractivity contribution in [1.29, 1.82) is 0 Å². The highest BCUT2D eigenvalue weighted by Crippen LogP contribution is 2.24. The lowest BCUT2D eigenvalue weighted by atomic mass is 10.1. The summed E-state index contributed by atoms with van der Waals surface area (Å²) in [6.07, 6.45) is 0. The highest BCUT2D eigenvalue weighted by atomic mass is 16.6. The minimum atomic E-state index is -0.639. The van der Waals surface area contributed by atoms with E-state index in [4.69, 9.17) is 9.47 Å². The average Bonchev–Trinajstić information content (AvgIpc) is 2.72. The summed E-state index contributed by atoms with van der Waals surface area (Å²) in [5.74, 6) is -0.600. The van der Waals surface area contributed by atoms with Gasteiger partial charge in [0, 0.05) is 24.3 Å². The Balaban J connectivity index is 1.86. The number of carbonyl (C=O) groups is 3. The second-order valence-corrected chi connectivity index (χ2v) is 7.28. The van der Waals surface area contributed by atoms with Crippen molar-refractivity contribution >= 4 is 23.5 Å². The number of hydrogen-bond donors (Lipinski definition) is 1. The first-order chi connectivity index (χ1) is 14.7. The highest BCUT2D eigenvalue weighted by molar-refractivity contribution is 5.97.